The molecule has 1 aromatic rings. The van der Waals surface area contributed by atoms with Crippen molar-refractivity contribution in [1.82, 2.24) is 9.80 Å². The number of aryl methyl sites for hydroxylation is 1. The summed E-state index contributed by atoms with van der Waals surface area (Å²) in [7, 11) is 0. The molecule has 0 spiro atoms. The van der Waals surface area contributed by atoms with Gasteiger partial charge in [0, 0.05) is 38.5 Å². The third-order valence-electron chi connectivity index (χ3n) is 4.35. The highest BCUT2D eigenvalue weighted by Gasteiger charge is 2.31. The van der Waals surface area contributed by atoms with Gasteiger partial charge in [-0.25, -0.2) is 4.79 Å². The molecule has 2 saturated heterocycles. The minimum absolute atomic E-state index is 0.0706. The third kappa shape index (κ3) is 3.82. The van der Waals surface area contributed by atoms with E-state index in [2.05, 4.69) is 5.32 Å². The Balaban J connectivity index is 1.50. The topological polar surface area (TPSA) is 61.9 Å². The van der Waals surface area contributed by atoms with Gasteiger partial charge in [-0.3, -0.25) is 4.79 Å². The molecule has 6 nitrogen and oxygen atoms in total. The number of carbonyl (C=O) groups is 2. The second-order valence-electron chi connectivity index (χ2n) is 6.11. The average Bonchev–Trinajstić information content (AvgIpc) is 3.09. The minimum Gasteiger partial charge on any atom is -0.368 e. The van der Waals surface area contributed by atoms with Crippen LogP contribution in [0.5, 0.6) is 0 Å². The molecule has 3 amide bonds. The molecule has 3 rings (SSSR count). The number of urea groups is 1. The number of rotatable bonds is 2. The van der Waals surface area contributed by atoms with Crippen LogP contribution in [-0.4, -0.2) is 60.6 Å². The highest BCUT2D eigenvalue weighted by Crippen LogP contribution is 2.16. The summed E-state index contributed by atoms with van der Waals surface area (Å²) in [4.78, 5) is 28.1. The van der Waals surface area contributed by atoms with Gasteiger partial charge < -0.3 is 19.9 Å². The van der Waals surface area contributed by atoms with Gasteiger partial charge in [0.2, 0.25) is 0 Å². The number of amides is 3. The zero-order valence-corrected chi connectivity index (χ0v) is 13.5. The summed E-state index contributed by atoms with van der Waals surface area (Å²) in [6.07, 6.45) is 1.49. The van der Waals surface area contributed by atoms with Crippen molar-refractivity contribution in [3.05, 3.63) is 29.8 Å². The van der Waals surface area contributed by atoms with Crippen molar-refractivity contribution >= 4 is 17.6 Å². The Labute approximate surface area is 136 Å². The summed E-state index contributed by atoms with van der Waals surface area (Å²) < 4.78 is 5.45. The van der Waals surface area contributed by atoms with Crippen LogP contribution in [0.25, 0.3) is 0 Å². The number of ether oxygens (including phenoxy) is 1. The Morgan fingerprint density at radius 3 is 2.57 bits per heavy atom. The van der Waals surface area contributed by atoms with Gasteiger partial charge in [0.15, 0.2) is 0 Å². The largest absolute Gasteiger partial charge is 0.368 e. The Kier molecular flexibility index (Phi) is 4.81. The molecule has 0 aliphatic carbocycles. The monoisotopic (exact) mass is 317 g/mol. The highest BCUT2D eigenvalue weighted by molar-refractivity contribution is 5.89. The first-order chi connectivity index (χ1) is 11.1. The SMILES string of the molecule is Cc1cccc(NC(=O)N2CCN(C(=O)[C@H]3CCCO3)CC2)c1. The van der Waals surface area contributed by atoms with Gasteiger partial charge in [-0.15, -0.1) is 0 Å². The van der Waals surface area contributed by atoms with Crippen LogP contribution in [0, 0.1) is 6.92 Å². The summed E-state index contributed by atoms with van der Waals surface area (Å²) in [5.74, 6) is 0.0706. The second kappa shape index (κ2) is 7.00. The Bertz CT molecular complexity index is 576. The maximum absolute atomic E-state index is 12.3. The quantitative estimate of drug-likeness (QED) is 0.905. The van der Waals surface area contributed by atoms with E-state index >= 15 is 0 Å². The zero-order valence-electron chi connectivity index (χ0n) is 13.5. The van der Waals surface area contributed by atoms with Gasteiger partial charge in [0.25, 0.3) is 5.91 Å². The molecular weight excluding hydrogens is 294 g/mol. The van der Waals surface area contributed by atoms with Crippen molar-refractivity contribution in [3.63, 3.8) is 0 Å². The van der Waals surface area contributed by atoms with Crippen LogP contribution in [-0.2, 0) is 9.53 Å². The number of carbonyl (C=O) groups excluding carboxylic acids is 2. The summed E-state index contributed by atoms with van der Waals surface area (Å²) in [6.45, 7) is 4.91. The highest BCUT2D eigenvalue weighted by atomic mass is 16.5. The van der Waals surface area contributed by atoms with Crippen LogP contribution in [0.2, 0.25) is 0 Å². The molecule has 124 valence electrons. The van der Waals surface area contributed by atoms with Crippen LogP contribution in [0.15, 0.2) is 24.3 Å². The maximum Gasteiger partial charge on any atom is 0.321 e. The lowest BCUT2D eigenvalue weighted by Crippen LogP contribution is -2.53. The first kappa shape index (κ1) is 15.8. The van der Waals surface area contributed by atoms with E-state index in [4.69, 9.17) is 4.74 Å². The van der Waals surface area contributed by atoms with Crippen LogP contribution < -0.4 is 5.32 Å². The van der Waals surface area contributed by atoms with Crippen molar-refractivity contribution in [2.45, 2.75) is 25.9 Å². The average molecular weight is 317 g/mol. The Morgan fingerprint density at radius 1 is 1.17 bits per heavy atom. The van der Waals surface area contributed by atoms with Gasteiger partial charge >= 0.3 is 6.03 Å². The molecule has 1 atom stereocenters. The standard InChI is InChI=1S/C17H23N3O3/c1-13-4-2-5-14(12-13)18-17(22)20-9-7-19(8-10-20)16(21)15-6-3-11-23-15/h2,4-5,12,15H,3,6-11H2,1H3,(H,18,22)/t15-/m1/s1. The molecule has 0 radical (unpaired) electrons. The van der Waals surface area contributed by atoms with Crippen molar-refractivity contribution in [1.29, 1.82) is 0 Å². The third-order valence-corrected chi connectivity index (χ3v) is 4.35. The van der Waals surface area contributed by atoms with Crippen LogP contribution in [0.1, 0.15) is 18.4 Å². The van der Waals surface area contributed by atoms with E-state index in [9.17, 15) is 9.59 Å². The molecule has 0 bridgehead atoms. The number of nitrogens with one attached hydrogen (secondary N) is 1. The van der Waals surface area contributed by atoms with E-state index in [0.717, 1.165) is 24.1 Å². The maximum atomic E-state index is 12.3. The van der Waals surface area contributed by atoms with Gasteiger partial charge in [-0.05, 0) is 37.5 Å². The predicted octanol–water partition coefficient (Wildman–Crippen LogP) is 1.85. The number of hydrogen-bond donors (Lipinski definition) is 1. The lowest BCUT2D eigenvalue weighted by molar-refractivity contribution is -0.142. The lowest BCUT2D eigenvalue weighted by atomic mass is 10.2. The smallest absolute Gasteiger partial charge is 0.321 e. The van der Waals surface area contributed by atoms with Gasteiger partial charge in [-0.1, -0.05) is 12.1 Å². The number of piperazine rings is 1. The van der Waals surface area contributed by atoms with Gasteiger partial charge in [-0.2, -0.15) is 0 Å². The fraction of sp³-hybridized carbons (Fsp3) is 0.529. The van der Waals surface area contributed by atoms with Crippen LogP contribution in [0.4, 0.5) is 10.5 Å². The minimum atomic E-state index is -0.275. The van der Waals surface area contributed by atoms with Gasteiger partial charge in [0.05, 0.1) is 0 Å². The molecule has 6 heteroatoms. The molecule has 2 aliphatic rings. The van der Waals surface area contributed by atoms with Crippen molar-refractivity contribution < 1.29 is 14.3 Å². The van der Waals surface area contributed by atoms with Crippen LogP contribution in [0.3, 0.4) is 0 Å². The molecule has 1 aromatic carbocycles. The predicted molar refractivity (Wildman–Crippen MR) is 87.3 cm³/mol. The molecular formula is C17H23N3O3. The fourth-order valence-electron chi connectivity index (χ4n) is 3.03. The van der Waals surface area contributed by atoms with Crippen LogP contribution >= 0.6 is 0 Å². The summed E-state index contributed by atoms with van der Waals surface area (Å²) in [6, 6.07) is 7.62. The molecule has 23 heavy (non-hydrogen) atoms. The summed E-state index contributed by atoms with van der Waals surface area (Å²) >= 11 is 0. The van der Waals surface area contributed by atoms with E-state index in [-0.39, 0.29) is 18.0 Å². The zero-order chi connectivity index (χ0) is 16.2. The molecule has 0 saturated carbocycles. The fourth-order valence-corrected chi connectivity index (χ4v) is 3.03. The van der Waals surface area contributed by atoms with E-state index in [1.165, 1.54) is 0 Å². The molecule has 0 unspecified atom stereocenters. The van der Waals surface area contributed by atoms with E-state index in [0.29, 0.717) is 32.8 Å². The van der Waals surface area contributed by atoms with Crippen molar-refractivity contribution in [2.24, 2.45) is 0 Å². The molecule has 2 aliphatic heterocycles. The van der Waals surface area contributed by atoms with E-state index < -0.39 is 0 Å². The summed E-state index contributed by atoms with van der Waals surface area (Å²) in [5, 5.41) is 2.91. The Hall–Kier alpha value is -2.08. The van der Waals surface area contributed by atoms with E-state index in [1.807, 2.05) is 36.1 Å². The van der Waals surface area contributed by atoms with Crippen molar-refractivity contribution in [3.8, 4) is 0 Å². The molecule has 1 N–H and O–H groups in total. The lowest BCUT2D eigenvalue weighted by Gasteiger charge is -2.35. The number of nitrogens with zero attached hydrogens (tertiary/aromatic N) is 2. The Morgan fingerprint density at radius 2 is 1.91 bits per heavy atom. The first-order valence-electron chi connectivity index (χ1n) is 8.16. The van der Waals surface area contributed by atoms with Crippen molar-refractivity contribution in [2.75, 3.05) is 38.1 Å². The summed E-state index contributed by atoms with van der Waals surface area (Å²) in [5.41, 5.74) is 1.91. The molecule has 0 aromatic heterocycles. The molecule has 2 fully saturated rings. The normalized spacial score (nSPS) is 21.3. The number of anilines is 1. The second-order valence-corrected chi connectivity index (χ2v) is 6.11. The van der Waals surface area contributed by atoms with Gasteiger partial charge in [0.1, 0.15) is 6.10 Å². The first-order valence-corrected chi connectivity index (χ1v) is 8.16. The van der Waals surface area contributed by atoms with E-state index in [1.54, 1.807) is 4.90 Å². The number of benzene rings is 1. The molecule has 2 heterocycles. The number of hydrogen-bond acceptors (Lipinski definition) is 3.